The highest BCUT2D eigenvalue weighted by Crippen LogP contribution is 2.12. The Bertz CT molecular complexity index is 711. The number of ketones is 1. The van der Waals surface area contributed by atoms with Crippen molar-refractivity contribution in [3.63, 3.8) is 0 Å². The minimum atomic E-state index is -0.364. The van der Waals surface area contributed by atoms with Gasteiger partial charge in [0, 0.05) is 17.8 Å². The summed E-state index contributed by atoms with van der Waals surface area (Å²) in [6.45, 7) is 6.61. The Hall–Kier alpha value is -2.76. The van der Waals surface area contributed by atoms with E-state index >= 15 is 0 Å². The molecular formula is C18H22N4O2. The summed E-state index contributed by atoms with van der Waals surface area (Å²) < 4.78 is 0. The number of hydrogen-bond acceptors (Lipinski definition) is 5. The van der Waals surface area contributed by atoms with Crippen molar-refractivity contribution in [2.24, 2.45) is 5.92 Å². The van der Waals surface area contributed by atoms with Crippen molar-refractivity contribution in [2.45, 2.75) is 27.2 Å². The van der Waals surface area contributed by atoms with Crippen LogP contribution in [0.15, 0.2) is 36.7 Å². The van der Waals surface area contributed by atoms with E-state index in [0.717, 1.165) is 13.0 Å². The first-order chi connectivity index (χ1) is 11.5. The number of anilines is 2. The normalized spacial score (nSPS) is 10.5. The molecule has 0 aliphatic carbocycles. The smallest absolute Gasteiger partial charge is 0.275 e. The average Bonchev–Trinajstić information content (AvgIpc) is 2.55. The summed E-state index contributed by atoms with van der Waals surface area (Å²) in [7, 11) is 0. The van der Waals surface area contributed by atoms with Crippen molar-refractivity contribution < 1.29 is 9.59 Å². The number of aromatic nitrogens is 2. The molecule has 0 aliphatic rings. The van der Waals surface area contributed by atoms with Crippen LogP contribution in [0.25, 0.3) is 0 Å². The van der Waals surface area contributed by atoms with Crippen LogP contribution in [0.4, 0.5) is 11.5 Å². The largest absolute Gasteiger partial charge is 0.369 e. The van der Waals surface area contributed by atoms with E-state index in [1.165, 1.54) is 13.1 Å². The molecule has 1 heterocycles. The molecule has 1 amide bonds. The van der Waals surface area contributed by atoms with E-state index in [1.54, 1.807) is 30.5 Å². The molecule has 0 radical (unpaired) electrons. The fourth-order valence-electron chi connectivity index (χ4n) is 2.04. The zero-order valence-electron chi connectivity index (χ0n) is 14.2. The fourth-order valence-corrected chi connectivity index (χ4v) is 2.04. The summed E-state index contributed by atoms with van der Waals surface area (Å²) >= 11 is 0. The lowest BCUT2D eigenvalue weighted by Crippen LogP contribution is -2.15. The topological polar surface area (TPSA) is 84.0 Å². The summed E-state index contributed by atoms with van der Waals surface area (Å²) in [5.41, 5.74) is 1.31. The number of hydrogen-bond donors (Lipinski definition) is 2. The highest BCUT2D eigenvalue weighted by atomic mass is 16.2. The first-order valence-electron chi connectivity index (χ1n) is 7.94. The second kappa shape index (κ2) is 8.19. The van der Waals surface area contributed by atoms with Gasteiger partial charge < -0.3 is 10.6 Å². The Kier molecular flexibility index (Phi) is 6.01. The van der Waals surface area contributed by atoms with Crippen LogP contribution in [0.2, 0.25) is 0 Å². The SMILES string of the molecule is CC(=O)c1cccc(NC(=O)c2cnc(NCCC(C)C)cn2)c1. The molecule has 6 heteroatoms. The number of nitrogens with zero attached hydrogens (tertiary/aromatic N) is 2. The number of benzene rings is 1. The molecule has 0 fully saturated rings. The van der Waals surface area contributed by atoms with Crippen LogP contribution in [-0.4, -0.2) is 28.2 Å². The van der Waals surface area contributed by atoms with Crippen molar-refractivity contribution in [3.05, 3.63) is 47.9 Å². The number of carbonyl (C=O) groups excluding carboxylic acids is 2. The Morgan fingerprint density at radius 2 is 1.96 bits per heavy atom. The van der Waals surface area contributed by atoms with Gasteiger partial charge in [0.15, 0.2) is 5.78 Å². The highest BCUT2D eigenvalue weighted by Gasteiger charge is 2.09. The number of amides is 1. The van der Waals surface area contributed by atoms with Gasteiger partial charge >= 0.3 is 0 Å². The lowest BCUT2D eigenvalue weighted by Gasteiger charge is -2.08. The van der Waals surface area contributed by atoms with Crippen LogP contribution in [0.5, 0.6) is 0 Å². The van der Waals surface area contributed by atoms with Gasteiger partial charge in [0.25, 0.3) is 5.91 Å². The molecule has 24 heavy (non-hydrogen) atoms. The van der Waals surface area contributed by atoms with Crippen LogP contribution >= 0.6 is 0 Å². The molecule has 0 saturated carbocycles. The van der Waals surface area contributed by atoms with Gasteiger partial charge in [0.05, 0.1) is 12.4 Å². The third-order valence-corrected chi connectivity index (χ3v) is 3.44. The van der Waals surface area contributed by atoms with Crippen LogP contribution in [0.3, 0.4) is 0 Å². The fraction of sp³-hybridized carbons (Fsp3) is 0.333. The Morgan fingerprint density at radius 1 is 1.17 bits per heavy atom. The lowest BCUT2D eigenvalue weighted by molar-refractivity contribution is 0.100. The predicted molar refractivity (Wildman–Crippen MR) is 94.4 cm³/mol. The van der Waals surface area contributed by atoms with E-state index in [1.807, 2.05) is 0 Å². The summed E-state index contributed by atoms with van der Waals surface area (Å²) in [6.07, 6.45) is 4.01. The maximum atomic E-state index is 12.2. The Labute approximate surface area is 141 Å². The molecule has 2 N–H and O–H groups in total. The first kappa shape index (κ1) is 17.6. The number of Topliss-reactive ketones (excluding diaryl/α,β-unsaturated/α-hetero) is 1. The summed E-state index contributed by atoms with van der Waals surface area (Å²) in [6, 6.07) is 6.78. The van der Waals surface area contributed by atoms with Crippen molar-refractivity contribution in [2.75, 3.05) is 17.2 Å². The molecule has 0 saturated heterocycles. The molecule has 126 valence electrons. The van der Waals surface area contributed by atoms with Gasteiger partial charge in [-0.25, -0.2) is 9.97 Å². The third kappa shape index (κ3) is 5.15. The average molecular weight is 326 g/mol. The highest BCUT2D eigenvalue weighted by molar-refractivity contribution is 6.03. The molecular weight excluding hydrogens is 304 g/mol. The number of nitrogens with one attached hydrogen (secondary N) is 2. The zero-order valence-corrected chi connectivity index (χ0v) is 14.2. The molecule has 2 rings (SSSR count). The molecule has 0 spiro atoms. The standard InChI is InChI=1S/C18H22N4O2/c1-12(2)7-8-19-17-11-20-16(10-21-17)18(24)22-15-6-4-5-14(9-15)13(3)23/h4-6,9-12H,7-8H2,1-3H3,(H,19,21)(H,22,24). The molecule has 1 aromatic carbocycles. The van der Waals surface area contributed by atoms with Crippen LogP contribution in [0.1, 0.15) is 48.0 Å². The van der Waals surface area contributed by atoms with E-state index in [4.69, 9.17) is 0 Å². The van der Waals surface area contributed by atoms with Gasteiger partial charge in [-0.1, -0.05) is 26.0 Å². The van der Waals surface area contributed by atoms with Gasteiger partial charge in [-0.2, -0.15) is 0 Å². The van der Waals surface area contributed by atoms with Crippen molar-refractivity contribution in [1.82, 2.24) is 9.97 Å². The van der Waals surface area contributed by atoms with E-state index in [0.29, 0.717) is 23.0 Å². The molecule has 0 unspecified atom stereocenters. The van der Waals surface area contributed by atoms with E-state index in [-0.39, 0.29) is 17.4 Å². The molecule has 0 aliphatic heterocycles. The number of rotatable bonds is 7. The predicted octanol–water partition coefficient (Wildman–Crippen LogP) is 3.39. The van der Waals surface area contributed by atoms with E-state index in [9.17, 15) is 9.59 Å². The van der Waals surface area contributed by atoms with Crippen LogP contribution < -0.4 is 10.6 Å². The first-order valence-corrected chi connectivity index (χ1v) is 7.94. The second-order valence-corrected chi connectivity index (χ2v) is 5.99. The number of carbonyl (C=O) groups is 2. The van der Waals surface area contributed by atoms with Crippen molar-refractivity contribution in [1.29, 1.82) is 0 Å². The maximum Gasteiger partial charge on any atom is 0.275 e. The molecule has 6 nitrogen and oxygen atoms in total. The summed E-state index contributed by atoms with van der Waals surface area (Å²) in [4.78, 5) is 31.9. The van der Waals surface area contributed by atoms with Crippen LogP contribution in [-0.2, 0) is 0 Å². The quantitative estimate of drug-likeness (QED) is 0.762. The van der Waals surface area contributed by atoms with Gasteiger partial charge in [0.2, 0.25) is 0 Å². The van der Waals surface area contributed by atoms with Gasteiger partial charge in [-0.05, 0) is 31.4 Å². The summed E-state index contributed by atoms with van der Waals surface area (Å²) in [5, 5.41) is 5.89. The van der Waals surface area contributed by atoms with E-state index in [2.05, 4.69) is 34.4 Å². The zero-order chi connectivity index (χ0) is 17.5. The monoisotopic (exact) mass is 326 g/mol. The van der Waals surface area contributed by atoms with Crippen molar-refractivity contribution >= 4 is 23.2 Å². The molecule has 2 aromatic rings. The van der Waals surface area contributed by atoms with Gasteiger partial charge in [0.1, 0.15) is 11.5 Å². The Morgan fingerprint density at radius 3 is 2.58 bits per heavy atom. The maximum absolute atomic E-state index is 12.2. The minimum absolute atomic E-state index is 0.0530. The van der Waals surface area contributed by atoms with Crippen molar-refractivity contribution in [3.8, 4) is 0 Å². The molecule has 1 aromatic heterocycles. The summed E-state index contributed by atoms with van der Waals surface area (Å²) in [5.74, 6) is 0.840. The molecule has 0 bridgehead atoms. The van der Waals surface area contributed by atoms with Gasteiger partial charge in [-0.15, -0.1) is 0 Å². The minimum Gasteiger partial charge on any atom is -0.369 e. The Balaban J connectivity index is 1.97. The van der Waals surface area contributed by atoms with Crippen LogP contribution in [0, 0.1) is 5.92 Å². The van der Waals surface area contributed by atoms with E-state index < -0.39 is 0 Å². The lowest BCUT2D eigenvalue weighted by atomic mass is 10.1. The molecule has 0 atom stereocenters. The van der Waals surface area contributed by atoms with Gasteiger partial charge in [-0.3, -0.25) is 9.59 Å². The third-order valence-electron chi connectivity index (χ3n) is 3.44. The second-order valence-electron chi connectivity index (χ2n) is 5.99.